The van der Waals surface area contributed by atoms with Crippen molar-refractivity contribution in [2.75, 3.05) is 0 Å². The molecule has 0 radical (unpaired) electrons. The molecule has 1 aromatic rings. The topological polar surface area (TPSA) is 95.5 Å². The average molecular weight is 395 g/mol. The lowest BCUT2D eigenvalue weighted by Crippen LogP contribution is -2.54. The molecule has 0 unspecified atom stereocenters. The molecule has 27 heavy (non-hydrogen) atoms. The van der Waals surface area contributed by atoms with Gasteiger partial charge in [-0.25, -0.2) is 4.79 Å². The highest BCUT2D eigenvalue weighted by Gasteiger charge is 2.29. The van der Waals surface area contributed by atoms with Crippen LogP contribution in [0.5, 0.6) is 0 Å². The third kappa shape index (κ3) is 8.03. The lowest BCUT2D eigenvalue weighted by Gasteiger charge is -2.24. The maximum Gasteiger partial charge on any atom is 0.326 e. The molecular weight excluding hydrogens is 364 g/mol. The van der Waals surface area contributed by atoms with Gasteiger partial charge < -0.3 is 15.7 Å². The van der Waals surface area contributed by atoms with Crippen molar-refractivity contribution >= 4 is 30.4 Å². The van der Waals surface area contributed by atoms with Crippen molar-refractivity contribution in [2.24, 2.45) is 11.8 Å². The van der Waals surface area contributed by atoms with Crippen LogP contribution in [-0.4, -0.2) is 40.2 Å². The zero-order chi connectivity index (χ0) is 20.6. The number of aliphatic carboxylic acids is 1. The number of carbonyl (C=O) groups is 3. The number of rotatable bonds is 10. The standard InChI is InChI=1S/C20H30N2O4S/c1-12(2)10-15(21-19(24)17(27)13(3)4)18(23)22-16(20(25)26)11-14-8-6-5-7-9-14/h5-9,12-13,15-17,27H,10-11H2,1-4H3,(H,21,24)(H,22,23)(H,25,26)/t15-,16-,17-/m0/s1. The monoisotopic (exact) mass is 394 g/mol. The highest BCUT2D eigenvalue weighted by molar-refractivity contribution is 7.81. The van der Waals surface area contributed by atoms with E-state index in [2.05, 4.69) is 23.3 Å². The van der Waals surface area contributed by atoms with E-state index in [1.807, 2.05) is 58.0 Å². The number of thiol groups is 1. The van der Waals surface area contributed by atoms with Gasteiger partial charge in [0, 0.05) is 6.42 Å². The lowest BCUT2D eigenvalue weighted by atomic mass is 10.0. The molecule has 0 heterocycles. The molecular formula is C20H30N2O4S. The van der Waals surface area contributed by atoms with E-state index < -0.39 is 29.2 Å². The molecule has 150 valence electrons. The molecule has 0 saturated heterocycles. The fraction of sp³-hybridized carbons (Fsp3) is 0.550. The zero-order valence-electron chi connectivity index (χ0n) is 16.3. The van der Waals surface area contributed by atoms with E-state index in [1.54, 1.807) is 0 Å². The van der Waals surface area contributed by atoms with Crippen LogP contribution >= 0.6 is 12.6 Å². The molecule has 3 N–H and O–H groups in total. The number of benzene rings is 1. The molecule has 0 aromatic heterocycles. The third-order valence-corrected chi connectivity index (χ3v) is 4.97. The van der Waals surface area contributed by atoms with Crippen LogP contribution in [0.1, 0.15) is 39.7 Å². The second kappa shape index (κ2) is 11.0. The number of amides is 2. The Morgan fingerprint density at radius 3 is 2.00 bits per heavy atom. The first-order chi connectivity index (χ1) is 12.6. The van der Waals surface area contributed by atoms with Gasteiger partial charge in [0.1, 0.15) is 12.1 Å². The Kier molecular flexibility index (Phi) is 9.35. The molecule has 7 heteroatoms. The van der Waals surface area contributed by atoms with E-state index >= 15 is 0 Å². The molecule has 0 aliphatic rings. The minimum absolute atomic E-state index is 0.0148. The minimum Gasteiger partial charge on any atom is -0.480 e. The van der Waals surface area contributed by atoms with Gasteiger partial charge in [-0.05, 0) is 23.8 Å². The summed E-state index contributed by atoms with van der Waals surface area (Å²) < 4.78 is 0. The molecule has 3 atom stereocenters. The van der Waals surface area contributed by atoms with E-state index in [1.165, 1.54) is 0 Å². The molecule has 0 bridgehead atoms. The summed E-state index contributed by atoms with van der Waals surface area (Å²) in [5.41, 5.74) is 0.810. The number of carbonyl (C=O) groups excluding carboxylic acids is 2. The number of hydrogen-bond donors (Lipinski definition) is 4. The van der Waals surface area contributed by atoms with Crippen LogP contribution in [-0.2, 0) is 20.8 Å². The average Bonchev–Trinajstić information content (AvgIpc) is 2.59. The second-order valence-electron chi connectivity index (χ2n) is 7.47. The van der Waals surface area contributed by atoms with Gasteiger partial charge in [0.25, 0.3) is 0 Å². The Morgan fingerprint density at radius 1 is 0.963 bits per heavy atom. The summed E-state index contributed by atoms with van der Waals surface area (Å²) in [5.74, 6) is -1.78. The van der Waals surface area contributed by atoms with Crippen LogP contribution in [0, 0.1) is 11.8 Å². The van der Waals surface area contributed by atoms with Crippen LogP contribution in [0.15, 0.2) is 30.3 Å². The Morgan fingerprint density at radius 2 is 1.52 bits per heavy atom. The quantitative estimate of drug-likeness (QED) is 0.458. The van der Waals surface area contributed by atoms with Gasteiger partial charge in [0.05, 0.1) is 5.25 Å². The largest absolute Gasteiger partial charge is 0.480 e. The first kappa shape index (κ1) is 23.0. The van der Waals surface area contributed by atoms with Crippen molar-refractivity contribution in [1.29, 1.82) is 0 Å². The van der Waals surface area contributed by atoms with E-state index in [0.29, 0.717) is 6.42 Å². The molecule has 0 aliphatic carbocycles. The summed E-state index contributed by atoms with van der Waals surface area (Å²) in [4.78, 5) is 36.6. The number of carboxylic acid groups (broad SMARTS) is 1. The molecule has 6 nitrogen and oxygen atoms in total. The van der Waals surface area contributed by atoms with Gasteiger partial charge in [0.15, 0.2) is 0 Å². The van der Waals surface area contributed by atoms with Crippen LogP contribution in [0.4, 0.5) is 0 Å². The van der Waals surface area contributed by atoms with Crippen molar-refractivity contribution in [3.8, 4) is 0 Å². The van der Waals surface area contributed by atoms with Gasteiger partial charge >= 0.3 is 5.97 Å². The predicted molar refractivity (Wildman–Crippen MR) is 109 cm³/mol. The van der Waals surface area contributed by atoms with Crippen molar-refractivity contribution in [3.63, 3.8) is 0 Å². The second-order valence-corrected chi connectivity index (χ2v) is 8.03. The molecule has 0 aliphatic heterocycles. The van der Waals surface area contributed by atoms with Crippen LogP contribution in [0.3, 0.4) is 0 Å². The SMILES string of the molecule is CC(C)C[C@H](NC(=O)[C@@H](S)C(C)C)C(=O)N[C@@H](Cc1ccccc1)C(=O)O. The Bertz CT molecular complexity index is 634. The number of hydrogen-bond acceptors (Lipinski definition) is 4. The number of carboxylic acids is 1. The normalized spacial score (nSPS) is 14.5. The maximum absolute atomic E-state index is 12.7. The first-order valence-electron chi connectivity index (χ1n) is 9.17. The molecule has 1 rings (SSSR count). The fourth-order valence-electron chi connectivity index (χ4n) is 2.58. The summed E-state index contributed by atoms with van der Waals surface area (Å²) in [7, 11) is 0. The Labute approximate surface area is 166 Å². The van der Waals surface area contributed by atoms with Gasteiger partial charge in [0.2, 0.25) is 11.8 Å². The van der Waals surface area contributed by atoms with Gasteiger partial charge in [-0.15, -0.1) is 0 Å². The summed E-state index contributed by atoms with van der Waals surface area (Å²) in [6, 6.07) is 7.22. The highest BCUT2D eigenvalue weighted by atomic mass is 32.1. The molecule has 0 saturated carbocycles. The first-order valence-corrected chi connectivity index (χ1v) is 9.69. The van der Waals surface area contributed by atoms with Crippen molar-refractivity contribution in [3.05, 3.63) is 35.9 Å². The molecule has 0 spiro atoms. The molecule has 1 aromatic carbocycles. The van der Waals surface area contributed by atoms with Gasteiger partial charge in [-0.1, -0.05) is 58.0 Å². The summed E-state index contributed by atoms with van der Waals surface area (Å²) in [6.07, 6.45) is 0.583. The van der Waals surface area contributed by atoms with Crippen molar-refractivity contribution < 1.29 is 19.5 Å². The maximum atomic E-state index is 12.7. The smallest absolute Gasteiger partial charge is 0.326 e. The van der Waals surface area contributed by atoms with Crippen LogP contribution in [0.2, 0.25) is 0 Å². The Hall–Kier alpha value is -2.02. The predicted octanol–water partition coefficient (Wildman–Crippen LogP) is 2.28. The third-order valence-electron chi connectivity index (χ3n) is 4.14. The van der Waals surface area contributed by atoms with E-state index in [4.69, 9.17) is 0 Å². The molecule has 2 amide bonds. The van der Waals surface area contributed by atoms with E-state index in [-0.39, 0.29) is 24.2 Å². The zero-order valence-corrected chi connectivity index (χ0v) is 17.2. The van der Waals surface area contributed by atoms with E-state index in [0.717, 1.165) is 5.56 Å². The van der Waals surface area contributed by atoms with Crippen LogP contribution in [0.25, 0.3) is 0 Å². The summed E-state index contributed by atoms with van der Waals surface area (Å²) in [5, 5.41) is 14.2. The fourth-order valence-corrected chi connectivity index (χ4v) is 2.66. The number of nitrogens with one attached hydrogen (secondary N) is 2. The van der Waals surface area contributed by atoms with E-state index in [9.17, 15) is 19.5 Å². The van der Waals surface area contributed by atoms with Crippen LogP contribution < -0.4 is 10.6 Å². The summed E-state index contributed by atoms with van der Waals surface area (Å²) in [6.45, 7) is 7.61. The summed E-state index contributed by atoms with van der Waals surface area (Å²) >= 11 is 4.28. The Balaban J connectivity index is 2.85. The van der Waals surface area contributed by atoms with Crippen molar-refractivity contribution in [1.82, 2.24) is 10.6 Å². The molecule has 0 fully saturated rings. The highest BCUT2D eigenvalue weighted by Crippen LogP contribution is 2.12. The lowest BCUT2D eigenvalue weighted by molar-refractivity contribution is -0.142. The minimum atomic E-state index is -1.11. The van der Waals surface area contributed by atoms with Crippen molar-refractivity contribution in [2.45, 2.75) is 57.9 Å². The van der Waals surface area contributed by atoms with Gasteiger partial charge in [-0.3, -0.25) is 9.59 Å². The van der Waals surface area contributed by atoms with Gasteiger partial charge in [-0.2, -0.15) is 12.6 Å².